The Hall–Kier alpha value is -1.72. The summed E-state index contributed by atoms with van der Waals surface area (Å²) in [7, 11) is 0. The highest BCUT2D eigenvalue weighted by Gasteiger charge is 2.31. The van der Waals surface area contributed by atoms with Crippen LogP contribution in [0.25, 0.3) is 5.65 Å². The fourth-order valence-electron chi connectivity index (χ4n) is 2.85. The van der Waals surface area contributed by atoms with Crippen LogP contribution < -0.4 is 0 Å². The molecule has 0 saturated carbocycles. The fraction of sp³-hybridized carbons (Fsp3) is 0.250. The van der Waals surface area contributed by atoms with E-state index in [4.69, 9.17) is 0 Å². The van der Waals surface area contributed by atoms with Crippen LogP contribution in [0, 0.1) is 0 Å². The Morgan fingerprint density at radius 2 is 1.86 bits per heavy atom. The van der Waals surface area contributed by atoms with Crippen molar-refractivity contribution in [1.82, 2.24) is 19.5 Å². The largest absolute Gasteiger partial charge is 0.298 e. The molecule has 106 valence electrons. The molecule has 5 heteroatoms. The number of benzene rings is 1. The van der Waals surface area contributed by atoms with Crippen LogP contribution in [0.4, 0.5) is 0 Å². The lowest BCUT2D eigenvalue weighted by Gasteiger charge is -2.38. The molecular weight excluding hydrogens is 328 g/mol. The molecule has 1 fully saturated rings. The normalized spacial score (nSPS) is 16.2. The van der Waals surface area contributed by atoms with Crippen LogP contribution in [0.1, 0.15) is 17.3 Å². The Balaban J connectivity index is 1.44. The molecule has 1 aromatic carbocycles. The molecule has 0 amide bonds. The van der Waals surface area contributed by atoms with Crippen LogP contribution in [-0.2, 0) is 6.54 Å². The number of rotatable bonds is 3. The Kier molecular flexibility index (Phi) is 3.24. The Labute approximate surface area is 131 Å². The van der Waals surface area contributed by atoms with E-state index in [1.165, 1.54) is 5.56 Å². The van der Waals surface area contributed by atoms with Gasteiger partial charge in [-0.2, -0.15) is 0 Å². The summed E-state index contributed by atoms with van der Waals surface area (Å²) in [6, 6.07) is 14.5. The minimum atomic E-state index is 0.484. The van der Waals surface area contributed by atoms with Crippen LogP contribution in [0.3, 0.4) is 0 Å². The monoisotopic (exact) mass is 342 g/mol. The summed E-state index contributed by atoms with van der Waals surface area (Å²) < 4.78 is 3.23. The summed E-state index contributed by atoms with van der Waals surface area (Å²) in [4.78, 5) is 2.44. The van der Waals surface area contributed by atoms with Crippen LogP contribution >= 0.6 is 15.9 Å². The van der Waals surface area contributed by atoms with Crippen LogP contribution in [0.5, 0.6) is 0 Å². The van der Waals surface area contributed by atoms with Crippen molar-refractivity contribution < 1.29 is 0 Å². The maximum absolute atomic E-state index is 4.35. The van der Waals surface area contributed by atoms with Crippen LogP contribution in [0.2, 0.25) is 0 Å². The molecule has 0 radical (unpaired) electrons. The Morgan fingerprint density at radius 3 is 2.67 bits per heavy atom. The summed E-state index contributed by atoms with van der Waals surface area (Å²) in [6.45, 7) is 3.10. The summed E-state index contributed by atoms with van der Waals surface area (Å²) in [5, 5.41) is 8.58. The maximum atomic E-state index is 4.35. The van der Waals surface area contributed by atoms with Gasteiger partial charge in [-0.15, -0.1) is 10.2 Å². The lowest BCUT2D eigenvalue weighted by Crippen LogP contribution is -2.44. The van der Waals surface area contributed by atoms with Crippen molar-refractivity contribution in [2.24, 2.45) is 0 Å². The second-order valence-corrected chi connectivity index (χ2v) is 6.42. The summed E-state index contributed by atoms with van der Waals surface area (Å²) in [5.74, 6) is 1.57. The van der Waals surface area contributed by atoms with Gasteiger partial charge in [0.15, 0.2) is 5.65 Å². The van der Waals surface area contributed by atoms with Crippen molar-refractivity contribution in [3.05, 3.63) is 64.5 Å². The molecular formula is C16H15BrN4. The molecule has 0 bridgehead atoms. The highest BCUT2D eigenvalue weighted by Crippen LogP contribution is 2.27. The van der Waals surface area contributed by atoms with Gasteiger partial charge in [0, 0.05) is 36.2 Å². The van der Waals surface area contributed by atoms with E-state index >= 15 is 0 Å². The average molecular weight is 343 g/mol. The van der Waals surface area contributed by atoms with E-state index in [1.807, 2.05) is 24.4 Å². The van der Waals surface area contributed by atoms with Gasteiger partial charge >= 0.3 is 0 Å². The SMILES string of the molecule is Brc1ccc(CN2CC(c3nnc4ccccn34)C2)cc1. The number of likely N-dealkylation sites (tertiary alicyclic amines) is 1. The van der Waals surface area contributed by atoms with Crippen LogP contribution in [0.15, 0.2) is 53.1 Å². The van der Waals surface area contributed by atoms with Crippen molar-refractivity contribution in [3.8, 4) is 0 Å². The average Bonchev–Trinajstić information content (AvgIpc) is 2.88. The number of hydrogen-bond acceptors (Lipinski definition) is 3. The van der Waals surface area contributed by atoms with Gasteiger partial charge in [0.2, 0.25) is 0 Å². The zero-order chi connectivity index (χ0) is 14.2. The molecule has 0 spiro atoms. The third-order valence-corrected chi connectivity index (χ3v) is 4.51. The summed E-state index contributed by atoms with van der Waals surface area (Å²) in [5.41, 5.74) is 2.28. The van der Waals surface area contributed by atoms with Crippen molar-refractivity contribution >= 4 is 21.6 Å². The molecule has 4 rings (SSSR count). The molecule has 3 heterocycles. The van der Waals surface area contributed by atoms with E-state index in [1.54, 1.807) is 0 Å². The molecule has 0 aliphatic carbocycles. The lowest BCUT2D eigenvalue weighted by atomic mass is 9.98. The number of halogens is 1. The minimum absolute atomic E-state index is 0.484. The first-order valence-electron chi connectivity index (χ1n) is 7.06. The fourth-order valence-corrected chi connectivity index (χ4v) is 3.11. The summed E-state index contributed by atoms with van der Waals surface area (Å²) >= 11 is 3.47. The van der Waals surface area contributed by atoms with Crippen LogP contribution in [-0.4, -0.2) is 32.6 Å². The zero-order valence-corrected chi connectivity index (χ0v) is 13.1. The molecule has 3 aromatic rings. The number of aromatic nitrogens is 3. The molecule has 1 saturated heterocycles. The molecule has 21 heavy (non-hydrogen) atoms. The first kappa shape index (κ1) is 13.0. The van der Waals surface area contributed by atoms with Crippen molar-refractivity contribution in [3.63, 3.8) is 0 Å². The molecule has 4 nitrogen and oxygen atoms in total. The molecule has 0 atom stereocenters. The quantitative estimate of drug-likeness (QED) is 0.733. The van der Waals surface area contributed by atoms with Crippen molar-refractivity contribution in [2.75, 3.05) is 13.1 Å². The van der Waals surface area contributed by atoms with Gasteiger partial charge in [-0.1, -0.05) is 34.1 Å². The van der Waals surface area contributed by atoms with E-state index in [9.17, 15) is 0 Å². The maximum Gasteiger partial charge on any atom is 0.160 e. The van der Waals surface area contributed by atoms with E-state index < -0.39 is 0 Å². The number of nitrogens with zero attached hydrogens (tertiary/aromatic N) is 4. The summed E-state index contributed by atoms with van der Waals surface area (Å²) in [6.07, 6.45) is 2.04. The second-order valence-electron chi connectivity index (χ2n) is 5.50. The molecule has 0 unspecified atom stereocenters. The first-order valence-corrected chi connectivity index (χ1v) is 7.85. The van der Waals surface area contributed by atoms with Gasteiger partial charge in [-0.25, -0.2) is 0 Å². The third-order valence-electron chi connectivity index (χ3n) is 3.98. The predicted molar refractivity (Wildman–Crippen MR) is 85.1 cm³/mol. The molecule has 1 aliphatic heterocycles. The topological polar surface area (TPSA) is 33.4 Å². The molecule has 2 aromatic heterocycles. The van der Waals surface area contributed by atoms with Gasteiger partial charge in [0.1, 0.15) is 5.82 Å². The second kappa shape index (κ2) is 5.24. The Bertz CT molecular complexity index is 759. The van der Waals surface area contributed by atoms with Gasteiger partial charge in [-0.3, -0.25) is 9.30 Å². The number of fused-ring (bicyclic) bond motifs is 1. The van der Waals surface area contributed by atoms with Gasteiger partial charge in [0.25, 0.3) is 0 Å². The van der Waals surface area contributed by atoms with E-state index in [0.29, 0.717) is 5.92 Å². The van der Waals surface area contributed by atoms with Gasteiger partial charge < -0.3 is 0 Å². The zero-order valence-electron chi connectivity index (χ0n) is 11.5. The van der Waals surface area contributed by atoms with Gasteiger partial charge in [0.05, 0.1) is 0 Å². The van der Waals surface area contributed by atoms with Crippen molar-refractivity contribution in [1.29, 1.82) is 0 Å². The standard InChI is InChI=1S/C16H15BrN4/c17-14-6-4-12(5-7-14)9-20-10-13(11-20)16-19-18-15-3-1-2-8-21(15)16/h1-8,13H,9-11H2. The van der Waals surface area contributed by atoms with Crippen molar-refractivity contribution in [2.45, 2.75) is 12.5 Å². The Morgan fingerprint density at radius 1 is 1.05 bits per heavy atom. The number of hydrogen-bond donors (Lipinski definition) is 0. The lowest BCUT2D eigenvalue weighted by molar-refractivity contribution is 0.134. The highest BCUT2D eigenvalue weighted by atomic mass is 79.9. The van der Waals surface area contributed by atoms with E-state index in [0.717, 1.165) is 35.6 Å². The molecule has 1 aliphatic rings. The predicted octanol–water partition coefficient (Wildman–Crippen LogP) is 3.09. The smallest absolute Gasteiger partial charge is 0.160 e. The first-order chi connectivity index (χ1) is 10.3. The van der Waals surface area contributed by atoms with Gasteiger partial charge in [-0.05, 0) is 29.8 Å². The molecule has 0 N–H and O–H groups in total. The minimum Gasteiger partial charge on any atom is -0.298 e. The van der Waals surface area contributed by atoms with E-state index in [2.05, 4.69) is 59.7 Å². The number of pyridine rings is 1. The van der Waals surface area contributed by atoms with E-state index in [-0.39, 0.29) is 0 Å². The highest BCUT2D eigenvalue weighted by molar-refractivity contribution is 9.10. The third kappa shape index (κ3) is 2.47.